The molecule has 30 heavy (non-hydrogen) atoms. The van der Waals surface area contributed by atoms with Gasteiger partial charge in [0.05, 0.1) is 5.69 Å². The summed E-state index contributed by atoms with van der Waals surface area (Å²) in [5.41, 5.74) is 2.13. The van der Waals surface area contributed by atoms with Crippen LogP contribution < -0.4 is 10.6 Å². The van der Waals surface area contributed by atoms with Crippen LogP contribution in [0.25, 0.3) is 15.8 Å². The number of hydrogen-bond acceptors (Lipinski definition) is 4. The average molecular weight is 533 g/mol. The van der Waals surface area contributed by atoms with E-state index in [0.717, 1.165) is 21.5 Å². The van der Waals surface area contributed by atoms with Crippen molar-refractivity contribution in [1.29, 1.82) is 0 Å². The number of rotatable bonds is 6. The molecule has 0 radical (unpaired) electrons. The molecular weight excluding hydrogens is 509 g/mol. The van der Waals surface area contributed by atoms with E-state index in [1.807, 2.05) is 47.3 Å². The molecule has 2 aromatic heterocycles. The molecule has 2 aromatic carbocycles. The lowest BCUT2D eigenvalue weighted by atomic mass is 10.2. The number of aromatic nitrogens is 2. The first-order chi connectivity index (χ1) is 14.2. The number of hydrogen-bond donors (Lipinski definition) is 3. The normalized spacial score (nSPS) is 12.4. The smallest absolute Gasteiger partial charge is 0.191 e. The Hall–Kier alpha value is -2.43. The maximum atomic E-state index is 10.5. The highest BCUT2D eigenvalue weighted by Crippen LogP contribution is 2.29. The third-order valence-corrected chi connectivity index (χ3v) is 5.82. The lowest BCUT2D eigenvalue weighted by molar-refractivity contribution is 0.184. The number of nitrogens with zero attached hydrogens (tertiary/aromatic N) is 3. The van der Waals surface area contributed by atoms with Gasteiger partial charge in [-0.15, -0.1) is 35.3 Å². The molecule has 0 bridgehead atoms. The molecule has 3 N–H and O–H groups in total. The van der Waals surface area contributed by atoms with Gasteiger partial charge in [0.2, 0.25) is 0 Å². The van der Waals surface area contributed by atoms with E-state index in [-0.39, 0.29) is 24.0 Å². The molecule has 4 aromatic rings. The monoisotopic (exact) mass is 533 g/mol. The molecule has 1 unspecified atom stereocenters. The topological polar surface area (TPSA) is 74.5 Å². The molecule has 8 heteroatoms. The van der Waals surface area contributed by atoms with Crippen LogP contribution in [0.3, 0.4) is 0 Å². The second-order valence-electron chi connectivity index (χ2n) is 6.63. The number of benzene rings is 2. The lowest BCUT2D eigenvalue weighted by Gasteiger charge is -2.15. The van der Waals surface area contributed by atoms with E-state index in [1.165, 1.54) is 4.70 Å². The van der Waals surface area contributed by atoms with Gasteiger partial charge in [0.25, 0.3) is 0 Å². The molecule has 4 rings (SSSR count). The van der Waals surface area contributed by atoms with E-state index in [2.05, 4.69) is 45.0 Å². The Morgan fingerprint density at radius 2 is 2.00 bits per heavy atom. The second kappa shape index (κ2) is 10.6. The predicted octanol–water partition coefficient (Wildman–Crippen LogP) is 4.10. The molecule has 0 fully saturated rings. The van der Waals surface area contributed by atoms with Crippen molar-refractivity contribution in [2.75, 3.05) is 13.6 Å². The number of thiophene rings is 1. The largest absolute Gasteiger partial charge is 0.386 e. The Kier molecular flexibility index (Phi) is 7.83. The van der Waals surface area contributed by atoms with Crippen LogP contribution in [0.1, 0.15) is 16.5 Å². The Bertz CT molecular complexity index is 1080. The summed E-state index contributed by atoms with van der Waals surface area (Å²) >= 11 is 1.62. The summed E-state index contributed by atoms with van der Waals surface area (Å²) in [5, 5.41) is 22.5. The highest BCUT2D eigenvalue weighted by Gasteiger charge is 2.12. The van der Waals surface area contributed by atoms with Gasteiger partial charge in [-0.05, 0) is 41.3 Å². The van der Waals surface area contributed by atoms with E-state index >= 15 is 0 Å². The zero-order valence-electron chi connectivity index (χ0n) is 16.5. The van der Waals surface area contributed by atoms with Crippen LogP contribution in [0.2, 0.25) is 0 Å². The van der Waals surface area contributed by atoms with E-state index in [1.54, 1.807) is 24.6 Å². The van der Waals surface area contributed by atoms with Crippen molar-refractivity contribution in [3.05, 3.63) is 83.5 Å². The number of nitrogens with one attached hydrogen (secondary N) is 2. The highest BCUT2D eigenvalue weighted by atomic mass is 127. The molecule has 1 atom stereocenters. The molecule has 0 saturated heterocycles. The molecule has 156 valence electrons. The van der Waals surface area contributed by atoms with Crippen molar-refractivity contribution in [1.82, 2.24) is 20.4 Å². The van der Waals surface area contributed by atoms with Crippen LogP contribution >= 0.6 is 35.3 Å². The fourth-order valence-corrected chi connectivity index (χ4v) is 4.15. The molecule has 0 aliphatic carbocycles. The van der Waals surface area contributed by atoms with Gasteiger partial charge >= 0.3 is 0 Å². The fraction of sp³-hybridized carbons (Fsp3) is 0.182. The maximum absolute atomic E-state index is 10.5. The van der Waals surface area contributed by atoms with Gasteiger partial charge in [0.15, 0.2) is 5.96 Å². The Morgan fingerprint density at radius 3 is 2.77 bits per heavy atom. The average Bonchev–Trinajstić information content (AvgIpc) is 3.44. The van der Waals surface area contributed by atoms with Gasteiger partial charge in [0, 0.05) is 42.1 Å². The molecule has 6 nitrogen and oxygen atoms in total. The first kappa shape index (κ1) is 22.3. The number of aliphatic hydroxyl groups excluding tert-OH is 1. The summed E-state index contributed by atoms with van der Waals surface area (Å²) in [4.78, 5) is 5.20. The minimum absolute atomic E-state index is 0. The molecule has 0 amide bonds. The van der Waals surface area contributed by atoms with Crippen molar-refractivity contribution in [2.24, 2.45) is 4.99 Å². The third kappa shape index (κ3) is 5.38. The Morgan fingerprint density at radius 1 is 1.13 bits per heavy atom. The molecule has 0 aliphatic heterocycles. The van der Waals surface area contributed by atoms with E-state index in [4.69, 9.17) is 0 Å². The number of aliphatic hydroxyl groups is 1. The highest BCUT2D eigenvalue weighted by molar-refractivity contribution is 14.0. The SMILES string of the molecule is CN=C(NCc1cccc(-n2cccn2)c1)NCC(O)c1cc2ccccc2s1.I. The van der Waals surface area contributed by atoms with E-state index in [9.17, 15) is 5.11 Å². The van der Waals surface area contributed by atoms with Gasteiger partial charge in [-0.2, -0.15) is 5.10 Å². The standard InChI is InChI=1S/C22H23N5OS.HI/c1-23-22(24-14-16-6-4-8-18(12-16)27-11-5-10-26-27)25-15-19(28)21-13-17-7-2-3-9-20(17)29-21;/h2-13,19,28H,14-15H2,1H3,(H2,23,24,25);1H. The third-order valence-electron chi connectivity index (χ3n) is 4.60. The quantitative estimate of drug-likeness (QED) is 0.198. The summed E-state index contributed by atoms with van der Waals surface area (Å²) in [6.45, 7) is 1.01. The second-order valence-corrected chi connectivity index (χ2v) is 7.74. The van der Waals surface area contributed by atoms with E-state index < -0.39 is 6.10 Å². The van der Waals surface area contributed by atoms with Gasteiger partial charge in [-0.3, -0.25) is 4.99 Å². The van der Waals surface area contributed by atoms with Crippen LogP contribution in [0.5, 0.6) is 0 Å². The zero-order chi connectivity index (χ0) is 20.1. The number of aliphatic imine (C=N–C) groups is 1. The van der Waals surface area contributed by atoms with Crippen molar-refractivity contribution in [2.45, 2.75) is 12.6 Å². The molecule has 0 aliphatic rings. The summed E-state index contributed by atoms with van der Waals surface area (Å²) in [6.07, 6.45) is 3.09. The lowest BCUT2D eigenvalue weighted by Crippen LogP contribution is -2.38. The summed E-state index contributed by atoms with van der Waals surface area (Å²) in [6, 6.07) is 20.3. The number of fused-ring (bicyclic) bond motifs is 1. The van der Waals surface area contributed by atoms with Crippen LogP contribution in [-0.4, -0.2) is 34.4 Å². The van der Waals surface area contributed by atoms with Gasteiger partial charge in [-0.1, -0.05) is 30.3 Å². The van der Waals surface area contributed by atoms with E-state index in [0.29, 0.717) is 19.0 Å². The predicted molar refractivity (Wildman–Crippen MR) is 134 cm³/mol. The molecule has 0 spiro atoms. The maximum Gasteiger partial charge on any atom is 0.191 e. The van der Waals surface area contributed by atoms with Gasteiger partial charge in [0.1, 0.15) is 6.10 Å². The molecular formula is C22H24IN5OS. The summed E-state index contributed by atoms with van der Waals surface area (Å²) in [7, 11) is 1.72. The van der Waals surface area contributed by atoms with Gasteiger partial charge in [-0.25, -0.2) is 4.68 Å². The molecule has 2 heterocycles. The van der Waals surface area contributed by atoms with Crippen LogP contribution in [0, 0.1) is 0 Å². The first-order valence-electron chi connectivity index (χ1n) is 9.43. The Balaban J connectivity index is 0.00000256. The molecule has 0 saturated carbocycles. The number of guanidine groups is 1. The van der Waals surface area contributed by atoms with Crippen molar-refractivity contribution >= 4 is 51.4 Å². The van der Waals surface area contributed by atoms with Gasteiger partial charge < -0.3 is 15.7 Å². The number of halogens is 1. The Labute approximate surface area is 196 Å². The van der Waals surface area contributed by atoms with Crippen LogP contribution in [0.15, 0.2) is 78.0 Å². The fourth-order valence-electron chi connectivity index (χ4n) is 3.10. The van der Waals surface area contributed by atoms with Crippen molar-refractivity contribution in [3.8, 4) is 5.69 Å². The summed E-state index contributed by atoms with van der Waals surface area (Å²) < 4.78 is 3.01. The first-order valence-corrected chi connectivity index (χ1v) is 10.2. The van der Waals surface area contributed by atoms with Crippen molar-refractivity contribution in [3.63, 3.8) is 0 Å². The summed E-state index contributed by atoms with van der Waals surface area (Å²) in [5.74, 6) is 0.648. The van der Waals surface area contributed by atoms with Crippen molar-refractivity contribution < 1.29 is 5.11 Å². The van der Waals surface area contributed by atoms with Crippen LogP contribution in [0.4, 0.5) is 0 Å². The minimum Gasteiger partial charge on any atom is -0.386 e. The van der Waals surface area contributed by atoms with Crippen LogP contribution in [-0.2, 0) is 6.54 Å². The minimum atomic E-state index is -0.589. The zero-order valence-corrected chi connectivity index (χ0v) is 19.7.